The first-order chi connectivity index (χ1) is 9.60. The maximum absolute atomic E-state index is 11.3. The van der Waals surface area contributed by atoms with Gasteiger partial charge in [0.1, 0.15) is 5.75 Å². The summed E-state index contributed by atoms with van der Waals surface area (Å²) in [6, 6.07) is 5.50. The third-order valence-corrected chi connectivity index (χ3v) is 3.03. The number of amides is 1. The predicted molar refractivity (Wildman–Crippen MR) is 76.6 cm³/mol. The molecule has 20 heavy (non-hydrogen) atoms. The van der Waals surface area contributed by atoms with Gasteiger partial charge < -0.3 is 15.0 Å². The Kier molecular flexibility index (Phi) is 4.40. The zero-order valence-electron chi connectivity index (χ0n) is 11.7. The van der Waals surface area contributed by atoms with E-state index in [1.54, 1.807) is 13.0 Å². The van der Waals surface area contributed by atoms with Crippen LogP contribution in [0, 0.1) is 0 Å². The van der Waals surface area contributed by atoms with Crippen molar-refractivity contribution >= 4 is 22.8 Å². The van der Waals surface area contributed by atoms with Gasteiger partial charge in [-0.1, -0.05) is 6.92 Å². The molecule has 1 amide bonds. The first kappa shape index (κ1) is 14.1. The van der Waals surface area contributed by atoms with Crippen molar-refractivity contribution in [3.63, 3.8) is 0 Å². The van der Waals surface area contributed by atoms with Crippen molar-refractivity contribution in [2.24, 2.45) is 0 Å². The van der Waals surface area contributed by atoms with Gasteiger partial charge in [-0.3, -0.25) is 9.59 Å². The normalized spacial score (nSPS) is 10.5. The number of esters is 1. The van der Waals surface area contributed by atoms with Crippen molar-refractivity contribution in [1.82, 2.24) is 10.3 Å². The van der Waals surface area contributed by atoms with Crippen LogP contribution >= 0.6 is 0 Å². The molecule has 1 aromatic heterocycles. The molecule has 2 aromatic rings. The number of rotatable bonds is 5. The third-order valence-electron chi connectivity index (χ3n) is 3.03. The first-order valence-electron chi connectivity index (χ1n) is 6.65. The van der Waals surface area contributed by atoms with Crippen LogP contribution in [-0.4, -0.2) is 23.4 Å². The highest BCUT2D eigenvalue weighted by atomic mass is 16.5. The monoisotopic (exact) mass is 274 g/mol. The number of fused-ring (bicyclic) bond motifs is 1. The molecule has 0 aliphatic heterocycles. The number of H-pyrrole nitrogens is 1. The van der Waals surface area contributed by atoms with E-state index in [1.165, 1.54) is 6.92 Å². The van der Waals surface area contributed by atoms with E-state index >= 15 is 0 Å². The summed E-state index contributed by atoms with van der Waals surface area (Å²) in [5.74, 6) is 0.256. The van der Waals surface area contributed by atoms with Crippen molar-refractivity contribution in [3.05, 3.63) is 30.0 Å². The van der Waals surface area contributed by atoms with Gasteiger partial charge in [-0.05, 0) is 30.2 Å². The van der Waals surface area contributed by atoms with Crippen LogP contribution in [-0.2, 0) is 16.0 Å². The molecule has 0 aliphatic rings. The SMILES string of the molecule is CCC(=O)Oc1ccc2[nH]cc(CCNC(C)=O)c2c1. The van der Waals surface area contributed by atoms with Gasteiger partial charge in [-0.2, -0.15) is 0 Å². The Balaban J connectivity index is 2.16. The average molecular weight is 274 g/mol. The van der Waals surface area contributed by atoms with Crippen LogP contribution in [0.4, 0.5) is 0 Å². The average Bonchev–Trinajstić information content (AvgIpc) is 2.81. The lowest BCUT2D eigenvalue weighted by Crippen LogP contribution is -2.22. The largest absolute Gasteiger partial charge is 0.427 e. The molecule has 0 aliphatic carbocycles. The minimum absolute atomic E-state index is 0.0394. The summed E-state index contributed by atoms with van der Waals surface area (Å²) in [5.41, 5.74) is 2.07. The smallest absolute Gasteiger partial charge is 0.310 e. The molecule has 2 N–H and O–H groups in total. The van der Waals surface area contributed by atoms with Gasteiger partial charge in [0.25, 0.3) is 0 Å². The Morgan fingerprint density at radius 2 is 2.15 bits per heavy atom. The number of hydrogen-bond donors (Lipinski definition) is 2. The fraction of sp³-hybridized carbons (Fsp3) is 0.333. The minimum atomic E-state index is -0.250. The second-order valence-electron chi connectivity index (χ2n) is 4.58. The Morgan fingerprint density at radius 3 is 2.85 bits per heavy atom. The molecule has 5 nitrogen and oxygen atoms in total. The molecule has 0 saturated heterocycles. The summed E-state index contributed by atoms with van der Waals surface area (Å²) in [5, 5.41) is 3.78. The van der Waals surface area contributed by atoms with E-state index in [2.05, 4.69) is 10.3 Å². The summed E-state index contributed by atoms with van der Waals surface area (Å²) < 4.78 is 5.22. The van der Waals surface area contributed by atoms with Crippen molar-refractivity contribution in [1.29, 1.82) is 0 Å². The van der Waals surface area contributed by atoms with Crippen molar-refractivity contribution in [3.8, 4) is 5.75 Å². The summed E-state index contributed by atoms with van der Waals surface area (Å²) in [6.45, 7) is 3.84. The number of benzene rings is 1. The highest BCUT2D eigenvalue weighted by molar-refractivity contribution is 5.85. The van der Waals surface area contributed by atoms with Crippen LogP contribution in [0.3, 0.4) is 0 Å². The molecule has 1 aromatic carbocycles. The lowest BCUT2D eigenvalue weighted by Gasteiger charge is -2.04. The zero-order chi connectivity index (χ0) is 14.5. The van der Waals surface area contributed by atoms with Crippen LogP contribution in [0.1, 0.15) is 25.8 Å². The fourth-order valence-corrected chi connectivity index (χ4v) is 2.00. The lowest BCUT2D eigenvalue weighted by atomic mass is 10.1. The second kappa shape index (κ2) is 6.23. The molecule has 0 fully saturated rings. The molecule has 0 bridgehead atoms. The van der Waals surface area contributed by atoms with Crippen LogP contribution < -0.4 is 10.1 Å². The van der Waals surface area contributed by atoms with E-state index in [0.717, 1.165) is 22.9 Å². The van der Waals surface area contributed by atoms with Gasteiger partial charge in [-0.25, -0.2) is 0 Å². The highest BCUT2D eigenvalue weighted by Gasteiger charge is 2.07. The highest BCUT2D eigenvalue weighted by Crippen LogP contribution is 2.24. The molecule has 2 rings (SSSR count). The number of ether oxygens (including phenoxy) is 1. The third kappa shape index (κ3) is 3.38. The van der Waals surface area contributed by atoms with Gasteiger partial charge in [0, 0.05) is 37.0 Å². The molecule has 0 spiro atoms. The Hall–Kier alpha value is -2.30. The Bertz CT molecular complexity index is 631. The number of carbonyl (C=O) groups is 2. The van der Waals surface area contributed by atoms with E-state index in [1.807, 2.05) is 18.3 Å². The summed E-state index contributed by atoms with van der Waals surface area (Å²) in [4.78, 5) is 25.3. The minimum Gasteiger partial charge on any atom is -0.427 e. The first-order valence-corrected chi connectivity index (χ1v) is 6.65. The van der Waals surface area contributed by atoms with E-state index in [9.17, 15) is 9.59 Å². The van der Waals surface area contributed by atoms with E-state index in [-0.39, 0.29) is 11.9 Å². The van der Waals surface area contributed by atoms with Crippen molar-refractivity contribution in [2.75, 3.05) is 6.54 Å². The maximum atomic E-state index is 11.3. The van der Waals surface area contributed by atoms with Gasteiger partial charge in [0.05, 0.1) is 0 Å². The fourth-order valence-electron chi connectivity index (χ4n) is 2.00. The summed E-state index contributed by atoms with van der Waals surface area (Å²) in [6.07, 6.45) is 2.99. The van der Waals surface area contributed by atoms with E-state index in [0.29, 0.717) is 18.7 Å². The van der Waals surface area contributed by atoms with Crippen molar-refractivity contribution < 1.29 is 14.3 Å². The van der Waals surface area contributed by atoms with E-state index in [4.69, 9.17) is 4.74 Å². The lowest BCUT2D eigenvalue weighted by molar-refractivity contribution is -0.134. The van der Waals surface area contributed by atoms with Gasteiger partial charge in [0.15, 0.2) is 0 Å². The van der Waals surface area contributed by atoms with Crippen LogP contribution in [0.2, 0.25) is 0 Å². The molecule has 0 saturated carbocycles. The molecule has 5 heteroatoms. The number of aromatic amines is 1. The molecule has 0 unspecified atom stereocenters. The molecule has 0 radical (unpaired) electrons. The number of nitrogens with one attached hydrogen (secondary N) is 2. The quantitative estimate of drug-likeness (QED) is 0.648. The summed E-state index contributed by atoms with van der Waals surface area (Å²) >= 11 is 0. The number of hydrogen-bond acceptors (Lipinski definition) is 3. The van der Waals surface area contributed by atoms with Crippen LogP contribution in [0.5, 0.6) is 5.75 Å². The van der Waals surface area contributed by atoms with Gasteiger partial charge in [0.2, 0.25) is 5.91 Å². The van der Waals surface area contributed by atoms with E-state index < -0.39 is 0 Å². The molecule has 106 valence electrons. The Labute approximate surface area is 117 Å². The standard InChI is InChI=1S/C15H18N2O3/c1-3-15(19)20-12-4-5-14-13(8-12)11(9-17-14)6-7-16-10(2)18/h4-5,8-9,17H,3,6-7H2,1-2H3,(H,16,18). The molecule has 1 heterocycles. The molecular weight excluding hydrogens is 256 g/mol. The predicted octanol–water partition coefficient (Wildman–Crippen LogP) is 2.16. The number of aromatic nitrogens is 1. The summed E-state index contributed by atoms with van der Waals surface area (Å²) in [7, 11) is 0. The second-order valence-corrected chi connectivity index (χ2v) is 4.58. The van der Waals surface area contributed by atoms with Crippen LogP contribution in [0.25, 0.3) is 10.9 Å². The number of carbonyl (C=O) groups excluding carboxylic acids is 2. The Morgan fingerprint density at radius 1 is 1.35 bits per heavy atom. The van der Waals surface area contributed by atoms with Gasteiger partial charge >= 0.3 is 5.97 Å². The van der Waals surface area contributed by atoms with Gasteiger partial charge in [-0.15, -0.1) is 0 Å². The van der Waals surface area contributed by atoms with Crippen LogP contribution in [0.15, 0.2) is 24.4 Å². The molecular formula is C15H18N2O3. The molecule has 0 atom stereocenters. The topological polar surface area (TPSA) is 71.2 Å². The zero-order valence-corrected chi connectivity index (χ0v) is 11.7. The van der Waals surface area contributed by atoms with Crippen molar-refractivity contribution in [2.45, 2.75) is 26.7 Å². The maximum Gasteiger partial charge on any atom is 0.310 e.